The van der Waals surface area contributed by atoms with Crippen LogP contribution in [0.4, 0.5) is 4.39 Å². The predicted octanol–water partition coefficient (Wildman–Crippen LogP) is 1.82. The van der Waals surface area contributed by atoms with Gasteiger partial charge in [-0.15, -0.1) is 0 Å². The van der Waals surface area contributed by atoms with Crippen molar-refractivity contribution in [2.75, 3.05) is 5.75 Å². The van der Waals surface area contributed by atoms with Gasteiger partial charge in [0.15, 0.2) is 0 Å². The first kappa shape index (κ1) is 11.5. The summed E-state index contributed by atoms with van der Waals surface area (Å²) < 4.78 is 43.7. The number of hydrogen-bond acceptors (Lipinski definition) is 2. The van der Waals surface area contributed by atoms with Crippen molar-refractivity contribution in [2.45, 2.75) is 19.3 Å². The lowest BCUT2D eigenvalue weighted by Crippen LogP contribution is -2.23. The van der Waals surface area contributed by atoms with E-state index in [0.29, 0.717) is 24.8 Å². The van der Waals surface area contributed by atoms with Crippen molar-refractivity contribution in [2.24, 2.45) is 5.92 Å². The van der Waals surface area contributed by atoms with E-state index >= 15 is 0 Å². The summed E-state index contributed by atoms with van der Waals surface area (Å²) >= 11 is 0. The smallest absolute Gasteiger partial charge is 0.265 e. The van der Waals surface area contributed by atoms with E-state index in [1.54, 1.807) is 6.07 Å². The monoisotopic (exact) mass is 244 g/mol. The Labute approximate surface area is 94.0 Å². The number of benzene rings is 1. The van der Waals surface area contributed by atoms with Gasteiger partial charge >= 0.3 is 0 Å². The fraction of sp³-hybridized carbons (Fsp3) is 0.455. The molecule has 16 heavy (non-hydrogen) atoms. The molecule has 88 valence electrons. The second-order valence-electron chi connectivity index (χ2n) is 4.23. The molecule has 1 aliphatic rings. The van der Waals surface area contributed by atoms with Crippen LogP contribution in [0.5, 0.6) is 0 Å². The molecule has 0 spiro atoms. The topological polar surface area (TPSA) is 54.4 Å². The number of rotatable bonds is 2. The van der Waals surface area contributed by atoms with Crippen LogP contribution in [0.15, 0.2) is 18.2 Å². The number of halogens is 1. The zero-order valence-corrected chi connectivity index (χ0v) is 9.50. The third-order valence-corrected chi connectivity index (χ3v) is 3.87. The van der Waals surface area contributed by atoms with Crippen LogP contribution in [0.1, 0.15) is 17.5 Å². The molecule has 1 atom stereocenters. The van der Waals surface area contributed by atoms with E-state index in [0.717, 1.165) is 5.56 Å². The van der Waals surface area contributed by atoms with Crippen molar-refractivity contribution in [3.8, 4) is 0 Å². The first-order chi connectivity index (χ1) is 7.46. The molecule has 0 radical (unpaired) electrons. The Kier molecular flexibility index (Phi) is 2.99. The van der Waals surface area contributed by atoms with E-state index < -0.39 is 10.1 Å². The Hall–Kier alpha value is -0.940. The van der Waals surface area contributed by atoms with Gasteiger partial charge in [0, 0.05) is 0 Å². The summed E-state index contributed by atoms with van der Waals surface area (Å²) in [5.74, 6) is -0.560. The molecule has 0 fully saturated rings. The summed E-state index contributed by atoms with van der Waals surface area (Å²) in [7, 11) is -3.93. The van der Waals surface area contributed by atoms with E-state index in [9.17, 15) is 12.8 Å². The SMILES string of the molecule is O=S(=O)(O)C[C@H]1CCc2c(F)cccc2C1. The lowest BCUT2D eigenvalue weighted by molar-refractivity contribution is 0.439. The van der Waals surface area contributed by atoms with Gasteiger partial charge in [-0.3, -0.25) is 4.55 Å². The summed E-state index contributed by atoms with van der Waals surface area (Å²) in [5, 5.41) is 0. The van der Waals surface area contributed by atoms with Crippen molar-refractivity contribution in [1.29, 1.82) is 0 Å². The van der Waals surface area contributed by atoms with Crippen LogP contribution in [0, 0.1) is 11.7 Å². The molecule has 5 heteroatoms. The normalized spacial score (nSPS) is 20.5. The maximum atomic E-state index is 13.4. The van der Waals surface area contributed by atoms with E-state index in [2.05, 4.69) is 0 Å². The molecule has 0 aliphatic heterocycles. The van der Waals surface area contributed by atoms with Crippen molar-refractivity contribution >= 4 is 10.1 Å². The molecule has 1 aliphatic carbocycles. The predicted molar refractivity (Wildman–Crippen MR) is 58.3 cm³/mol. The van der Waals surface area contributed by atoms with Gasteiger partial charge in [0.1, 0.15) is 5.82 Å². The molecule has 0 saturated heterocycles. The molecular formula is C11H13FO3S. The molecule has 0 saturated carbocycles. The Morgan fingerprint density at radius 1 is 1.44 bits per heavy atom. The van der Waals surface area contributed by atoms with Crippen molar-refractivity contribution < 1.29 is 17.4 Å². The molecule has 1 aromatic rings. The minimum atomic E-state index is -3.93. The molecule has 3 nitrogen and oxygen atoms in total. The first-order valence-corrected chi connectivity index (χ1v) is 6.78. The summed E-state index contributed by atoms with van der Waals surface area (Å²) in [6.45, 7) is 0. The number of hydrogen-bond donors (Lipinski definition) is 1. The van der Waals surface area contributed by atoms with Gasteiger partial charge in [0.05, 0.1) is 5.75 Å². The highest BCUT2D eigenvalue weighted by atomic mass is 32.2. The van der Waals surface area contributed by atoms with Crippen LogP contribution in [0.3, 0.4) is 0 Å². The van der Waals surface area contributed by atoms with Gasteiger partial charge in [-0.2, -0.15) is 8.42 Å². The van der Waals surface area contributed by atoms with Crippen LogP contribution in [0.2, 0.25) is 0 Å². The largest absolute Gasteiger partial charge is 0.286 e. The highest BCUT2D eigenvalue weighted by molar-refractivity contribution is 7.85. The van der Waals surface area contributed by atoms with Gasteiger partial charge in [-0.05, 0) is 42.4 Å². The molecular weight excluding hydrogens is 231 g/mol. The minimum absolute atomic E-state index is 0.107. The second kappa shape index (κ2) is 4.14. The third kappa shape index (κ3) is 2.59. The minimum Gasteiger partial charge on any atom is -0.286 e. The van der Waals surface area contributed by atoms with E-state index in [1.165, 1.54) is 6.07 Å². The summed E-state index contributed by atoms with van der Waals surface area (Å²) in [5.41, 5.74) is 1.55. The second-order valence-corrected chi connectivity index (χ2v) is 5.73. The number of fused-ring (bicyclic) bond motifs is 1. The van der Waals surface area contributed by atoms with Gasteiger partial charge < -0.3 is 0 Å². The van der Waals surface area contributed by atoms with Gasteiger partial charge in [0.2, 0.25) is 0 Å². The molecule has 2 rings (SSSR count). The van der Waals surface area contributed by atoms with E-state index in [1.807, 2.05) is 6.07 Å². The third-order valence-electron chi connectivity index (χ3n) is 2.97. The molecule has 0 amide bonds. The fourth-order valence-electron chi connectivity index (χ4n) is 2.28. The average Bonchev–Trinajstić information content (AvgIpc) is 2.15. The Balaban J connectivity index is 2.19. The fourth-order valence-corrected chi connectivity index (χ4v) is 3.16. The van der Waals surface area contributed by atoms with Crippen LogP contribution in [-0.4, -0.2) is 18.7 Å². The lowest BCUT2D eigenvalue weighted by atomic mass is 9.85. The van der Waals surface area contributed by atoms with Crippen LogP contribution in [-0.2, 0) is 23.0 Å². The summed E-state index contributed by atoms with van der Waals surface area (Å²) in [6.07, 6.45) is 1.67. The Morgan fingerprint density at radius 2 is 2.19 bits per heavy atom. The molecule has 0 heterocycles. The van der Waals surface area contributed by atoms with Crippen LogP contribution in [0.25, 0.3) is 0 Å². The maximum absolute atomic E-state index is 13.4. The average molecular weight is 244 g/mol. The van der Waals surface area contributed by atoms with Crippen molar-refractivity contribution in [3.63, 3.8) is 0 Å². The van der Waals surface area contributed by atoms with Crippen molar-refractivity contribution in [1.82, 2.24) is 0 Å². The zero-order valence-electron chi connectivity index (χ0n) is 8.69. The highest BCUT2D eigenvalue weighted by Crippen LogP contribution is 2.28. The lowest BCUT2D eigenvalue weighted by Gasteiger charge is -2.23. The van der Waals surface area contributed by atoms with Gasteiger partial charge in [0.25, 0.3) is 10.1 Å². The Bertz CT molecular complexity index is 496. The van der Waals surface area contributed by atoms with Gasteiger partial charge in [-0.1, -0.05) is 12.1 Å². The van der Waals surface area contributed by atoms with Crippen LogP contribution >= 0.6 is 0 Å². The van der Waals surface area contributed by atoms with E-state index in [4.69, 9.17) is 4.55 Å². The van der Waals surface area contributed by atoms with Crippen LogP contribution < -0.4 is 0 Å². The molecule has 1 N–H and O–H groups in total. The van der Waals surface area contributed by atoms with E-state index in [-0.39, 0.29) is 17.5 Å². The Morgan fingerprint density at radius 3 is 2.88 bits per heavy atom. The molecule has 0 unspecified atom stereocenters. The quantitative estimate of drug-likeness (QED) is 0.807. The first-order valence-electron chi connectivity index (χ1n) is 5.17. The maximum Gasteiger partial charge on any atom is 0.265 e. The molecule has 1 aromatic carbocycles. The standard InChI is InChI=1S/C11H13FO3S/c12-11-3-1-2-9-6-8(4-5-10(9)11)7-16(13,14)15/h1-3,8H,4-7H2,(H,13,14,15)/t8-/m0/s1. The highest BCUT2D eigenvalue weighted by Gasteiger charge is 2.24. The molecule has 0 aromatic heterocycles. The zero-order chi connectivity index (χ0) is 11.8. The molecule has 0 bridgehead atoms. The van der Waals surface area contributed by atoms with Crippen molar-refractivity contribution in [3.05, 3.63) is 35.1 Å². The summed E-state index contributed by atoms with van der Waals surface area (Å²) in [6, 6.07) is 4.86. The summed E-state index contributed by atoms with van der Waals surface area (Å²) in [4.78, 5) is 0. The van der Waals surface area contributed by atoms with Gasteiger partial charge in [-0.25, -0.2) is 4.39 Å².